The molecule has 3 fully saturated rings. The third-order valence-electron chi connectivity index (χ3n) is 18.5. The van der Waals surface area contributed by atoms with Gasteiger partial charge in [-0.05, 0) is 179 Å². The van der Waals surface area contributed by atoms with E-state index in [1.54, 1.807) is 5.56 Å². The molecule has 378 valence electrons. The molecule has 3 heterocycles. The summed E-state index contributed by atoms with van der Waals surface area (Å²) in [6.07, 6.45) is 17.3. The van der Waals surface area contributed by atoms with Crippen LogP contribution in [-0.4, -0.2) is 29.7 Å². The molecular formula is C66H95BN2S. The van der Waals surface area contributed by atoms with Gasteiger partial charge in [0.15, 0.2) is 0 Å². The van der Waals surface area contributed by atoms with Gasteiger partial charge in [-0.25, -0.2) is 0 Å². The van der Waals surface area contributed by atoms with Crippen molar-refractivity contribution in [3.63, 3.8) is 0 Å². The van der Waals surface area contributed by atoms with Crippen LogP contribution in [0.15, 0.2) is 114 Å². The van der Waals surface area contributed by atoms with Crippen molar-refractivity contribution < 1.29 is 0 Å². The van der Waals surface area contributed by atoms with E-state index in [0.29, 0.717) is 34.2 Å². The van der Waals surface area contributed by atoms with Crippen LogP contribution < -0.4 is 9.80 Å². The molecule has 0 N–H and O–H groups in total. The molecule has 0 aromatic heterocycles. The van der Waals surface area contributed by atoms with Gasteiger partial charge in [0, 0.05) is 45.6 Å². The second kappa shape index (κ2) is 19.3. The van der Waals surface area contributed by atoms with Crippen molar-refractivity contribution in [1.82, 2.24) is 0 Å². The van der Waals surface area contributed by atoms with Crippen molar-refractivity contribution in [2.75, 3.05) is 16.3 Å². The second-order valence-corrected chi connectivity index (χ2v) is 28.2. The SMILES string of the molecule is C=C/C(=C\C1=CB2C(=C(C=C(C)C)N1c1cc3c(cc1/C(C=C)=C(/C=C)C(C)C)C(C)(C)CCC3(C)C)CN(c1ccc(C(C)C)c(C(C)(C)CC)c1C)C1C2SC2C1C(C)(C)CCC2(C)C)C(C)C. The Morgan fingerprint density at radius 2 is 1.41 bits per heavy atom. The first-order chi connectivity index (χ1) is 32.5. The van der Waals surface area contributed by atoms with Gasteiger partial charge in [-0.15, -0.1) is 0 Å². The molecule has 1 saturated carbocycles. The molecule has 0 radical (unpaired) electrons. The highest BCUT2D eigenvalue weighted by Gasteiger charge is 2.63. The van der Waals surface area contributed by atoms with Gasteiger partial charge in [0.25, 0.3) is 0 Å². The van der Waals surface area contributed by atoms with E-state index in [1.165, 1.54) is 91.2 Å². The third kappa shape index (κ3) is 9.34. The maximum Gasteiger partial charge on any atom is 0.219 e. The third-order valence-corrected chi connectivity index (χ3v) is 20.6. The minimum Gasteiger partial charge on any atom is -0.364 e. The van der Waals surface area contributed by atoms with Gasteiger partial charge in [-0.1, -0.05) is 179 Å². The topological polar surface area (TPSA) is 6.48 Å². The monoisotopic (exact) mass is 959 g/mol. The van der Waals surface area contributed by atoms with E-state index in [-0.39, 0.29) is 39.7 Å². The predicted octanol–water partition coefficient (Wildman–Crippen LogP) is 18.6. The van der Waals surface area contributed by atoms with Crippen LogP contribution in [0, 0.1) is 35.5 Å². The average molecular weight is 959 g/mol. The lowest BCUT2D eigenvalue weighted by atomic mass is 9.36. The Morgan fingerprint density at radius 1 is 0.800 bits per heavy atom. The van der Waals surface area contributed by atoms with Crippen LogP contribution in [0.5, 0.6) is 0 Å². The minimum absolute atomic E-state index is 0.0104. The van der Waals surface area contributed by atoms with Crippen molar-refractivity contribution in [3.8, 4) is 0 Å². The predicted molar refractivity (Wildman–Crippen MR) is 315 cm³/mol. The molecule has 2 aromatic carbocycles. The molecule has 2 aliphatic carbocycles. The number of hydrogen-bond donors (Lipinski definition) is 0. The van der Waals surface area contributed by atoms with Crippen LogP contribution in [0.3, 0.4) is 0 Å². The van der Waals surface area contributed by atoms with E-state index < -0.39 is 0 Å². The highest BCUT2D eigenvalue weighted by molar-refractivity contribution is 8.02. The Kier molecular flexibility index (Phi) is 15.0. The Balaban J connectivity index is 1.66. The molecule has 4 atom stereocenters. The van der Waals surface area contributed by atoms with Gasteiger partial charge in [0.2, 0.25) is 6.71 Å². The van der Waals surface area contributed by atoms with Gasteiger partial charge in [0.05, 0.1) is 5.69 Å². The van der Waals surface area contributed by atoms with E-state index in [1.807, 2.05) is 0 Å². The summed E-state index contributed by atoms with van der Waals surface area (Å²) in [6.45, 7) is 63.4. The number of allylic oxidation sites excluding steroid dienone is 9. The molecule has 5 aliphatic rings. The average Bonchev–Trinajstić information content (AvgIpc) is 3.71. The Labute approximate surface area is 434 Å². The lowest BCUT2D eigenvalue weighted by Gasteiger charge is -2.54. The number of thioether (sulfide) groups is 1. The lowest BCUT2D eigenvalue weighted by molar-refractivity contribution is 0.0561. The van der Waals surface area contributed by atoms with Crippen molar-refractivity contribution >= 4 is 35.4 Å². The summed E-state index contributed by atoms with van der Waals surface area (Å²) in [5.74, 6) is 4.33. The zero-order valence-electron chi connectivity index (χ0n) is 48.1. The molecule has 0 bridgehead atoms. The maximum absolute atomic E-state index is 4.59. The molecule has 4 unspecified atom stereocenters. The number of fused-ring (bicyclic) bond motifs is 6. The van der Waals surface area contributed by atoms with E-state index in [2.05, 4.69) is 240 Å². The Hall–Kier alpha value is -3.63. The van der Waals surface area contributed by atoms with Crippen LogP contribution in [-0.2, 0) is 16.2 Å². The number of rotatable bonds is 13. The van der Waals surface area contributed by atoms with Gasteiger partial charge in [0.1, 0.15) is 0 Å². The van der Waals surface area contributed by atoms with Crippen LogP contribution >= 0.6 is 11.8 Å². The first kappa shape index (κ1) is 54.2. The van der Waals surface area contributed by atoms with Gasteiger partial charge < -0.3 is 9.80 Å². The zero-order valence-corrected chi connectivity index (χ0v) is 48.9. The Bertz CT molecular complexity index is 2570. The summed E-state index contributed by atoms with van der Waals surface area (Å²) in [6, 6.07) is 10.7. The molecule has 4 heteroatoms. The molecule has 2 nitrogen and oxygen atoms in total. The van der Waals surface area contributed by atoms with Crippen LogP contribution in [0.4, 0.5) is 11.4 Å². The first-order valence-corrected chi connectivity index (χ1v) is 28.4. The van der Waals surface area contributed by atoms with Crippen molar-refractivity contribution in [1.29, 1.82) is 0 Å². The Morgan fingerprint density at radius 3 is 1.94 bits per heavy atom. The van der Waals surface area contributed by atoms with E-state index in [9.17, 15) is 0 Å². The lowest BCUT2D eigenvalue weighted by Crippen LogP contribution is -2.62. The highest BCUT2D eigenvalue weighted by atomic mass is 32.2. The molecule has 0 spiro atoms. The van der Waals surface area contributed by atoms with Crippen molar-refractivity contribution in [2.24, 2.45) is 28.6 Å². The molecule has 70 heavy (non-hydrogen) atoms. The number of hydrogen-bond acceptors (Lipinski definition) is 3. The fourth-order valence-electron chi connectivity index (χ4n) is 13.8. The summed E-state index contributed by atoms with van der Waals surface area (Å²) >= 11 is 2.36. The number of anilines is 2. The van der Waals surface area contributed by atoms with Gasteiger partial charge in [-0.3, -0.25) is 0 Å². The summed E-state index contributed by atoms with van der Waals surface area (Å²) in [5.41, 5.74) is 21.0. The van der Waals surface area contributed by atoms with Crippen LogP contribution in [0.1, 0.15) is 203 Å². The number of benzene rings is 2. The smallest absolute Gasteiger partial charge is 0.219 e. The molecule has 2 aromatic rings. The van der Waals surface area contributed by atoms with Crippen molar-refractivity contribution in [3.05, 3.63) is 147 Å². The first-order valence-electron chi connectivity index (χ1n) is 27.5. The number of nitrogens with zero attached hydrogens (tertiary/aromatic N) is 2. The van der Waals surface area contributed by atoms with Gasteiger partial charge in [-0.2, -0.15) is 11.8 Å². The summed E-state index contributed by atoms with van der Waals surface area (Å²) in [7, 11) is 0. The molecule has 0 amide bonds. The normalized spacial score (nSPS) is 25.0. The van der Waals surface area contributed by atoms with E-state index in [4.69, 9.17) is 0 Å². The fraction of sp³-hybridized carbons (Fsp3) is 0.576. The van der Waals surface area contributed by atoms with E-state index in [0.717, 1.165) is 25.8 Å². The maximum atomic E-state index is 4.59. The fourth-order valence-corrected chi connectivity index (χ4v) is 16.2. The second-order valence-electron chi connectivity index (χ2n) is 26.9. The zero-order chi connectivity index (χ0) is 52.0. The molecule has 3 aliphatic heterocycles. The molecule has 2 saturated heterocycles. The summed E-state index contributed by atoms with van der Waals surface area (Å²) < 4.78 is 0. The van der Waals surface area contributed by atoms with Crippen LogP contribution in [0.2, 0.25) is 0 Å². The highest BCUT2D eigenvalue weighted by Crippen LogP contribution is 2.64. The standard InChI is InChI=1S/C66H95BN2S/c1-24-45(41(7)8)35-46-38-67-53(56(34-40(5)6)69(46)55-37-52-51(63(16,17)30-31-64(52,18)19)36-50(55)48(26-3)47(25-2)42(9)10)39-68(54-29-28-49(43(11)12)57(44(54)13)62(14,15)27-4)59-58-60(70-61(59)67)66(22,23)33-32-65(58,20)21/h24-26,28-29,34-38,41-43,58-61H,1-3,27,30-33,39H2,4-23H3/b45-35+,48-47-. The molecular weight excluding hydrogens is 864 g/mol. The van der Waals surface area contributed by atoms with Crippen LogP contribution in [0.25, 0.3) is 5.57 Å². The minimum atomic E-state index is 0.0104. The largest absolute Gasteiger partial charge is 0.364 e. The summed E-state index contributed by atoms with van der Waals surface area (Å²) in [5, 5.41) is 0.928. The molecule has 7 rings (SSSR count). The summed E-state index contributed by atoms with van der Waals surface area (Å²) in [4.78, 5) is 5.70. The quantitative estimate of drug-likeness (QED) is 0.146. The van der Waals surface area contributed by atoms with E-state index >= 15 is 0 Å². The van der Waals surface area contributed by atoms with Gasteiger partial charge >= 0.3 is 0 Å². The van der Waals surface area contributed by atoms with Crippen molar-refractivity contribution in [2.45, 2.75) is 209 Å².